The van der Waals surface area contributed by atoms with Gasteiger partial charge in [0, 0.05) is 12.1 Å². The quantitative estimate of drug-likeness (QED) is 0.782. The molecule has 0 unspecified atom stereocenters. The van der Waals surface area contributed by atoms with Gasteiger partial charge >= 0.3 is 11.5 Å². The SMILES string of the molecule is COc1ccc([N+]2C=Nc3c2[nH]c(=O)[nH]c3=O)cc1. The smallest absolute Gasteiger partial charge is 0.330 e. The van der Waals surface area contributed by atoms with Gasteiger partial charge in [0.05, 0.1) is 7.11 Å². The maximum absolute atomic E-state index is 11.6. The van der Waals surface area contributed by atoms with Gasteiger partial charge < -0.3 is 4.74 Å². The number of H-pyrrole nitrogens is 2. The van der Waals surface area contributed by atoms with Crippen LogP contribution in [0, 0.1) is 0 Å². The van der Waals surface area contributed by atoms with Crippen LogP contribution in [0.4, 0.5) is 17.2 Å². The second-order valence-electron chi connectivity index (χ2n) is 3.92. The van der Waals surface area contributed by atoms with Crippen molar-refractivity contribution in [3.05, 3.63) is 45.1 Å². The summed E-state index contributed by atoms with van der Waals surface area (Å²) in [6.07, 6.45) is 1.48. The molecule has 1 aromatic carbocycles. The van der Waals surface area contributed by atoms with Crippen LogP contribution in [-0.4, -0.2) is 23.4 Å². The highest BCUT2D eigenvalue weighted by atomic mass is 16.5. The molecular formula is C12H10N4O3+. The molecule has 0 spiro atoms. The van der Waals surface area contributed by atoms with E-state index in [-0.39, 0.29) is 5.69 Å². The molecule has 95 valence electrons. The number of aromatic nitrogens is 2. The van der Waals surface area contributed by atoms with E-state index in [9.17, 15) is 9.59 Å². The van der Waals surface area contributed by atoms with Crippen molar-refractivity contribution in [1.29, 1.82) is 0 Å². The number of hydrogen-bond acceptors (Lipinski definition) is 5. The first-order valence-corrected chi connectivity index (χ1v) is 5.53. The summed E-state index contributed by atoms with van der Waals surface area (Å²) >= 11 is 0. The van der Waals surface area contributed by atoms with Crippen LogP contribution in [0.3, 0.4) is 0 Å². The van der Waals surface area contributed by atoms with Gasteiger partial charge in [-0.3, -0.25) is 14.8 Å². The highest BCUT2D eigenvalue weighted by Gasteiger charge is 2.33. The topological polar surface area (TPSA) is 93.2 Å². The van der Waals surface area contributed by atoms with E-state index in [0.29, 0.717) is 5.82 Å². The van der Waals surface area contributed by atoms with E-state index in [1.54, 1.807) is 36.3 Å². The number of methoxy groups -OCH3 is 1. The third-order valence-electron chi connectivity index (χ3n) is 2.79. The first-order chi connectivity index (χ1) is 9.19. The van der Waals surface area contributed by atoms with Gasteiger partial charge in [0.25, 0.3) is 11.9 Å². The fraction of sp³-hybridized carbons (Fsp3) is 0.0833. The van der Waals surface area contributed by atoms with Crippen molar-refractivity contribution in [3.63, 3.8) is 0 Å². The number of ether oxygens (including phenoxy) is 1. The zero-order valence-corrected chi connectivity index (χ0v) is 10.0. The number of aliphatic imine (C=N–C) groups is 1. The standard InChI is InChI=1S/C12H10N4O3/c1-19-8-4-2-7(3-5-8)16-6-13-9-10(16)14-12(18)15-11(9)17/h2-6H,1H3,(H2,14,15,17,18)/q+1. The number of fused-ring (bicyclic) bond motifs is 1. The third-order valence-corrected chi connectivity index (χ3v) is 2.79. The second kappa shape index (κ2) is 4.21. The van der Waals surface area contributed by atoms with Crippen LogP contribution in [-0.2, 0) is 0 Å². The van der Waals surface area contributed by atoms with Crippen LogP contribution in [0.5, 0.6) is 5.75 Å². The minimum Gasteiger partial charge on any atom is -0.497 e. The molecule has 0 saturated heterocycles. The summed E-state index contributed by atoms with van der Waals surface area (Å²) in [7, 11) is 1.58. The van der Waals surface area contributed by atoms with Crippen molar-refractivity contribution in [2.75, 3.05) is 7.11 Å². The largest absolute Gasteiger partial charge is 0.497 e. The number of nitrogens with zero attached hydrogens (tertiary/aromatic N) is 2. The zero-order chi connectivity index (χ0) is 13.4. The Morgan fingerprint density at radius 3 is 2.58 bits per heavy atom. The van der Waals surface area contributed by atoms with Gasteiger partial charge in [0.15, 0.2) is 5.69 Å². The van der Waals surface area contributed by atoms with Crippen molar-refractivity contribution in [3.8, 4) is 5.75 Å². The first kappa shape index (κ1) is 11.4. The van der Waals surface area contributed by atoms with Crippen molar-refractivity contribution in [1.82, 2.24) is 14.9 Å². The molecule has 2 heterocycles. The number of benzene rings is 1. The Morgan fingerprint density at radius 1 is 1.16 bits per heavy atom. The summed E-state index contributed by atoms with van der Waals surface area (Å²) in [5.74, 6) is 1.08. The fourth-order valence-corrected chi connectivity index (χ4v) is 1.87. The highest BCUT2D eigenvalue weighted by molar-refractivity contribution is 5.87. The van der Waals surface area contributed by atoms with Gasteiger partial charge in [-0.15, -0.1) is 0 Å². The van der Waals surface area contributed by atoms with Gasteiger partial charge in [0.1, 0.15) is 5.75 Å². The minimum atomic E-state index is -0.562. The second-order valence-corrected chi connectivity index (χ2v) is 3.92. The van der Waals surface area contributed by atoms with Gasteiger partial charge in [-0.1, -0.05) is 0 Å². The molecular weight excluding hydrogens is 248 g/mol. The highest BCUT2D eigenvalue weighted by Crippen LogP contribution is 2.31. The molecule has 3 rings (SSSR count). The first-order valence-electron chi connectivity index (χ1n) is 5.53. The lowest BCUT2D eigenvalue weighted by molar-refractivity contribution is 0.415. The van der Waals surface area contributed by atoms with Crippen LogP contribution in [0.2, 0.25) is 0 Å². The number of rotatable bonds is 2. The molecule has 7 nitrogen and oxygen atoms in total. The Labute approximate surface area is 107 Å². The summed E-state index contributed by atoms with van der Waals surface area (Å²) in [4.78, 5) is 33.2. The summed E-state index contributed by atoms with van der Waals surface area (Å²) in [5, 5.41) is 0. The maximum atomic E-state index is 11.6. The lowest BCUT2D eigenvalue weighted by atomic mass is 10.3. The maximum Gasteiger partial charge on any atom is 0.330 e. The van der Waals surface area contributed by atoms with E-state index in [1.807, 2.05) is 0 Å². The fourth-order valence-electron chi connectivity index (χ4n) is 1.87. The predicted molar refractivity (Wildman–Crippen MR) is 70.3 cm³/mol. The molecule has 2 N–H and O–H groups in total. The molecule has 0 amide bonds. The van der Waals surface area contributed by atoms with Gasteiger partial charge in [0.2, 0.25) is 5.69 Å². The summed E-state index contributed by atoms with van der Waals surface area (Å²) in [5.41, 5.74) is -0.112. The van der Waals surface area contributed by atoms with E-state index in [4.69, 9.17) is 4.74 Å². The summed E-state index contributed by atoms with van der Waals surface area (Å²) in [6.45, 7) is 0. The molecule has 1 aliphatic rings. The molecule has 2 aromatic rings. The van der Waals surface area contributed by atoms with Crippen molar-refractivity contribution in [2.45, 2.75) is 0 Å². The van der Waals surface area contributed by atoms with E-state index in [1.165, 1.54) is 6.34 Å². The van der Waals surface area contributed by atoms with Crippen molar-refractivity contribution < 1.29 is 4.74 Å². The Kier molecular flexibility index (Phi) is 2.53. The molecule has 0 aliphatic carbocycles. The Morgan fingerprint density at radius 2 is 1.89 bits per heavy atom. The number of hydrogen-bond donors (Lipinski definition) is 2. The van der Waals surface area contributed by atoms with Crippen LogP contribution in [0.15, 0.2) is 38.8 Å². The van der Waals surface area contributed by atoms with Crippen LogP contribution in [0.25, 0.3) is 0 Å². The normalized spacial score (nSPS) is 13.5. The van der Waals surface area contributed by atoms with Gasteiger partial charge in [-0.05, 0) is 17.0 Å². The van der Waals surface area contributed by atoms with Crippen molar-refractivity contribution >= 4 is 23.5 Å². The van der Waals surface area contributed by atoms with E-state index in [2.05, 4.69) is 15.0 Å². The molecule has 0 atom stereocenters. The lowest BCUT2D eigenvalue weighted by Gasteiger charge is -2.02. The average molecular weight is 258 g/mol. The van der Waals surface area contributed by atoms with Crippen LogP contribution >= 0.6 is 0 Å². The molecule has 1 aromatic heterocycles. The number of anilines is 2. The van der Waals surface area contributed by atoms with Crippen LogP contribution in [0.1, 0.15) is 0 Å². The van der Waals surface area contributed by atoms with E-state index >= 15 is 0 Å². The van der Waals surface area contributed by atoms with Crippen LogP contribution < -0.4 is 20.9 Å². The lowest BCUT2D eigenvalue weighted by Crippen LogP contribution is -2.24. The minimum absolute atomic E-state index is 0.190. The monoisotopic (exact) mass is 258 g/mol. The predicted octanol–water partition coefficient (Wildman–Crippen LogP) is 0.848. The van der Waals surface area contributed by atoms with Gasteiger partial charge in [-0.25, -0.2) is 4.79 Å². The Bertz CT molecular complexity index is 758. The molecule has 1 radical (unpaired) electrons. The van der Waals surface area contributed by atoms with E-state index < -0.39 is 11.2 Å². The number of aromatic amines is 2. The zero-order valence-electron chi connectivity index (χ0n) is 10.0. The van der Waals surface area contributed by atoms with Gasteiger partial charge in [-0.2, -0.15) is 4.99 Å². The third kappa shape index (κ3) is 1.85. The Hall–Kier alpha value is -2.67. The Balaban J connectivity index is 2.09. The van der Waals surface area contributed by atoms with E-state index in [0.717, 1.165) is 11.4 Å². The molecule has 7 heteroatoms. The van der Waals surface area contributed by atoms with Crippen molar-refractivity contribution in [2.24, 2.45) is 4.99 Å². The summed E-state index contributed by atoms with van der Waals surface area (Å²) < 4.78 is 5.07. The summed E-state index contributed by atoms with van der Waals surface area (Å²) in [6, 6.07) is 7.18. The molecule has 19 heavy (non-hydrogen) atoms. The molecule has 1 aliphatic heterocycles. The molecule has 0 bridgehead atoms. The molecule has 0 saturated carbocycles. The molecule has 0 fully saturated rings. The number of nitrogens with one attached hydrogen (secondary N) is 2. The average Bonchev–Trinajstić information content (AvgIpc) is 2.83.